The molecule has 4 rings (SSSR count). The first-order valence-electron chi connectivity index (χ1n) is 10.6. The molecule has 0 aromatic heterocycles. The zero-order valence-electron chi connectivity index (χ0n) is 18.0. The molecule has 1 aliphatic carbocycles. The van der Waals surface area contributed by atoms with Crippen molar-refractivity contribution in [1.82, 2.24) is 10.6 Å². The molecule has 8 nitrogen and oxygen atoms in total. The first kappa shape index (κ1) is 22.8. The Labute approximate surface area is 195 Å². The number of amides is 3. The van der Waals surface area contributed by atoms with Crippen LogP contribution >= 0.6 is 11.8 Å². The maximum atomic E-state index is 12.6. The fourth-order valence-electron chi connectivity index (χ4n) is 4.11. The van der Waals surface area contributed by atoms with Crippen molar-refractivity contribution in [3.05, 3.63) is 59.7 Å². The zero-order chi connectivity index (χ0) is 23.4. The highest BCUT2D eigenvalue weighted by atomic mass is 32.2. The highest BCUT2D eigenvalue weighted by Gasteiger charge is 2.36. The number of thioether (sulfide) groups is 1. The average molecular weight is 469 g/mol. The van der Waals surface area contributed by atoms with E-state index in [4.69, 9.17) is 9.47 Å². The van der Waals surface area contributed by atoms with Gasteiger partial charge in [0.2, 0.25) is 5.91 Å². The Morgan fingerprint density at radius 3 is 2.30 bits per heavy atom. The molecule has 9 heteroatoms. The van der Waals surface area contributed by atoms with E-state index in [0.717, 1.165) is 22.3 Å². The molecule has 0 spiro atoms. The molecule has 1 fully saturated rings. The maximum Gasteiger partial charge on any atom is 0.407 e. The number of ether oxygens (including phenoxy) is 2. The number of benzene rings is 2. The summed E-state index contributed by atoms with van der Waals surface area (Å²) >= 11 is 1.50. The Balaban J connectivity index is 1.39. The lowest BCUT2D eigenvalue weighted by Gasteiger charge is -2.20. The predicted octanol–water partition coefficient (Wildman–Crippen LogP) is 2.61. The largest absolute Gasteiger partial charge is 0.450 e. The summed E-state index contributed by atoms with van der Waals surface area (Å²) in [6.45, 7) is 0.115. The monoisotopic (exact) mass is 468 g/mol. The van der Waals surface area contributed by atoms with Gasteiger partial charge in [-0.15, -0.1) is 0 Å². The van der Waals surface area contributed by atoms with Crippen LogP contribution in [0, 0.1) is 0 Å². The van der Waals surface area contributed by atoms with Gasteiger partial charge in [-0.05, 0) is 40.7 Å². The molecular formula is C24H24N2O6S. The Bertz CT molecular complexity index is 1040. The molecule has 2 aliphatic rings. The molecule has 0 unspecified atom stereocenters. The van der Waals surface area contributed by atoms with Gasteiger partial charge in [-0.25, -0.2) is 9.59 Å². The van der Waals surface area contributed by atoms with Crippen molar-refractivity contribution in [2.24, 2.45) is 0 Å². The molecule has 172 valence electrons. The van der Waals surface area contributed by atoms with Crippen LogP contribution < -0.4 is 10.6 Å². The van der Waals surface area contributed by atoms with Gasteiger partial charge >= 0.3 is 12.1 Å². The van der Waals surface area contributed by atoms with Crippen LogP contribution in [0.5, 0.6) is 0 Å². The lowest BCUT2D eigenvalue weighted by Crippen LogP contribution is -2.44. The number of fused-ring (bicyclic) bond motifs is 3. The number of carbonyl (C=O) groups excluding carboxylic acids is 4. The van der Waals surface area contributed by atoms with Crippen LogP contribution in [0.25, 0.3) is 11.1 Å². The van der Waals surface area contributed by atoms with Gasteiger partial charge in [0.05, 0.1) is 6.42 Å². The van der Waals surface area contributed by atoms with Crippen LogP contribution in [0.2, 0.25) is 0 Å². The van der Waals surface area contributed by atoms with Gasteiger partial charge in [-0.2, -0.15) is 11.8 Å². The van der Waals surface area contributed by atoms with E-state index < -0.39 is 36.0 Å². The van der Waals surface area contributed by atoms with Crippen molar-refractivity contribution in [2.75, 3.05) is 18.6 Å². The molecule has 2 atom stereocenters. The van der Waals surface area contributed by atoms with E-state index in [1.807, 2.05) is 54.8 Å². The number of rotatable bonds is 8. The fraction of sp³-hybridized carbons (Fsp3) is 0.333. The minimum absolute atomic E-state index is 0.104. The number of hydrogen-bond acceptors (Lipinski definition) is 7. The number of imide groups is 1. The van der Waals surface area contributed by atoms with Gasteiger partial charge in [0.25, 0.3) is 5.91 Å². The van der Waals surface area contributed by atoms with Crippen molar-refractivity contribution < 1.29 is 28.7 Å². The van der Waals surface area contributed by atoms with E-state index >= 15 is 0 Å². The molecule has 1 aliphatic heterocycles. The Morgan fingerprint density at radius 1 is 1.09 bits per heavy atom. The quantitative estimate of drug-likeness (QED) is 0.453. The molecule has 1 saturated heterocycles. The van der Waals surface area contributed by atoms with E-state index in [2.05, 4.69) is 10.6 Å². The SMILES string of the molecule is CSCC[C@@H](NC(=O)OCC1c2ccccc2-c2ccccc21)C(=O)O[C@@H]1CC(=O)NC1=O. The molecule has 0 radical (unpaired) electrons. The third kappa shape index (κ3) is 5.03. The van der Waals surface area contributed by atoms with Crippen LogP contribution in [0.15, 0.2) is 48.5 Å². The molecule has 3 amide bonds. The van der Waals surface area contributed by atoms with E-state index in [0.29, 0.717) is 12.2 Å². The van der Waals surface area contributed by atoms with E-state index in [1.54, 1.807) is 0 Å². The number of nitrogens with one attached hydrogen (secondary N) is 2. The Kier molecular flexibility index (Phi) is 6.98. The normalized spacial score (nSPS) is 17.7. The van der Waals surface area contributed by atoms with Crippen molar-refractivity contribution in [2.45, 2.75) is 30.9 Å². The minimum Gasteiger partial charge on any atom is -0.450 e. The van der Waals surface area contributed by atoms with Crippen LogP contribution in [-0.4, -0.2) is 54.6 Å². The van der Waals surface area contributed by atoms with Crippen molar-refractivity contribution in [3.8, 4) is 11.1 Å². The summed E-state index contributed by atoms with van der Waals surface area (Å²) < 4.78 is 10.7. The number of esters is 1. The van der Waals surface area contributed by atoms with Gasteiger partial charge in [0.15, 0.2) is 6.10 Å². The summed E-state index contributed by atoms with van der Waals surface area (Å²) in [5.41, 5.74) is 4.41. The van der Waals surface area contributed by atoms with Crippen LogP contribution in [0.1, 0.15) is 29.9 Å². The summed E-state index contributed by atoms with van der Waals surface area (Å²) in [5, 5.41) is 4.65. The summed E-state index contributed by atoms with van der Waals surface area (Å²) in [5.74, 6) is -1.44. The van der Waals surface area contributed by atoms with Crippen molar-refractivity contribution >= 4 is 35.6 Å². The topological polar surface area (TPSA) is 111 Å². The van der Waals surface area contributed by atoms with Crippen LogP contribution in [0.3, 0.4) is 0 Å². The summed E-state index contributed by atoms with van der Waals surface area (Å²) in [6, 6.07) is 15.0. The molecule has 33 heavy (non-hydrogen) atoms. The zero-order valence-corrected chi connectivity index (χ0v) is 18.9. The smallest absolute Gasteiger partial charge is 0.407 e. The minimum atomic E-state index is -1.17. The lowest BCUT2D eigenvalue weighted by molar-refractivity contribution is -0.156. The molecule has 2 N–H and O–H groups in total. The summed E-state index contributed by atoms with van der Waals surface area (Å²) in [4.78, 5) is 48.2. The van der Waals surface area contributed by atoms with E-state index in [9.17, 15) is 19.2 Å². The second-order valence-electron chi connectivity index (χ2n) is 7.85. The second kappa shape index (κ2) is 10.1. The van der Waals surface area contributed by atoms with Crippen molar-refractivity contribution in [3.63, 3.8) is 0 Å². The number of carbonyl (C=O) groups is 4. The van der Waals surface area contributed by atoms with Crippen LogP contribution in [-0.2, 0) is 23.9 Å². The third-order valence-corrected chi connectivity index (χ3v) is 6.36. The first-order valence-corrected chi connectivity index (χ1v) is 12.0. The maximum absolute atomic E-state index is 12.6. The number of hydrogen-bond donors (Lipinski definition) is 2. The molecular weight excluding hydrogens is 444 g/mol. The molecule has 1 heterocycles. The second-order valence-corrected chi connectivity index (χ2v) is 8.83. The fourth-order valence-corrected chi connectivity index (χ4v) is 4.59. The molecule has 0 bridgehead atoms. The standard InChI is InChI=1S/C24H24N2O6S/c1-33-11-10-19(23(29)32-20-12-21(27)26-22(20)28)25-24(30)31-13-18-16-8-4-2-6-14(16)15-7-3-5-9-17(15)18/h2-9,18-20H,10-13H2,1H3,(H,25,30)(H,26,27,28)/t19-,20-/m1/s1. The van der Waals surface area contributed by atoms with E-state index in [-0.39, 0.29) is 18.9 Å². The average Bonchev–Trinajstić information content (AvgIpc) is 3.30. The van der Waals surface area contributed by atoms with Gasteiger partial charge in [-0.1, -0.05) is 48.5 Å². The molecule has 2 aromatic rings. The van der Waals surface area contributed by atoms with Crippen LogP contribution in [0.4, 0.5) is 4.79 Å². The first-order chi connectivity index (χ1) is 16.0. The Morgan fingerprint density at radius 2 is 1.73 bits per heavy atom. The molecule has 0 saturated carbocycles. The van der Waals surface area contributed by atoms with Crippen molar-refractivity contribution in [1.29, 1.82) is 0 Å². The summed E-state index contributed by atoms with van der Waals surface area (Å²) in [6.07, 6.45) is 0.0358. The summed E-state index contributed by atoms with van der Waals surface area (Å²) in [7, 11) is 0. The predicted molar refractivity (Wildman–Crippen MR) is 123 cm³/mol. The highest BCUT2D eigenvalue weighted by molar-refractivity contribution is 7.98. The molecule has 2 aromatic carbocycles. The Hall–Kier alpha value is -3.33. The number of alkyl carbamates (subject to hydrolysis) is 1. The third-order valence-electron chi connectivity index (χ3n) is 5.72. The van der Waals surface area contributed by atoms with Gasteiger partial charge in [-0.3, -0.25) is 14.9 Å². The van der Waals surface area contributed by atoms with Gasteiger partial charge in [0.1, 0.15) is 12.6 Å². The van der Waals surface area contributed by atoms with E-state index in [1.165, 1.54) is 11.8 Å². The van der Waals surface area contributed by atoms with Gasteiger partial charge < -0.3 is 14.8 Å². The lowest BCUT2D eigenvalue weighted by atomic mass is 9.98. The van der Waals surface area contributed by atoms with Gasteiger partial charge in [0, 0.05) is 5.92 Å². The highest BCUT2D eigenvalue weighted by Crippen LogP contribution is 2.44.